The van der Waals surface area contributed by atoms with E-state index in [1.54, 1.807) is 0 Å². The first-order chi connectivity index (χ1) is 7.38. The fraction of sp³-hybridized carbons (Fsp3) is 1.00. The second-order valence-electron chi connectivity index (χ2n) is 5.41. The van der Waals surface area contributed by atoms with Crippen LogP contribution in [0.25, 0.3) is 0 Å². The van der Waals surface area contributed by atoms with E-state index in [1.165, 1.54) is 51.7 Å². The summed E-state index contributed by atoms with van der Waals surface area (Å²) in [5, 5.41) is 10.8. The van der Waals surface area contributed by atoms with Crippen molar-refractivity contribution < 1.29 is 5.11 Å². The molecule has 2 fully saturated rings. The van der Waals surface area contributed by atoms with Gasteiger partial charge in [0.25, 0.3) is 0 Å². The van der Waals surface area contributed by atoms with Crippen molar-refractivity contribution in [2.24, 2.45) is 11.8 Å². The summed E-state index contributed by atoms with van der Waals surface area (Å²) in [4.78, 5) is 2.60. The molecule has 0 bridgehead atoms. The van der Waals surface area contributed by atoms with Gasteiger partial charge in [-0.05, 0) is 50.6 Å². The smallest absolute Gasteiger partial charge is 0.0851 e. The van der Waals surface area contributed by atoms with E-state index in [2.05, 4.69) is 4.90 Å². The number of hydrogen-bond donors (Lipinski definition) is 0. The number of nitrogens with zero attached hydrogens (tertiary/aromatic N) is 1. The minimum atomic E-state index is 0.150. The molecule has 15 heavy (non-hydrogen) atoms. The summed E-state index contributed by atoms with van der Waals surface area (Å²) in [7, 11) is 0. The maximum absolute atomic E-state index is 10.8. The standard InChI is InChI=1S/C13H24NO/c15-11-13-6-8-14(9-7-13)10-12-4-2-1-3-5-12/h12-13H,1-11H2. The van der Waals surface area contributed by atoms with Gasteiger partial charge in [0.05, 0.1) is 6.61 Å². The Bertz CT molecular complexity index is 169. The molecule has 0 aromatic rings. The fourth-order valence-electron chi connectivity index (χ4n) is 3.07. The molecule has 2 rings (SSSR count). The molecule has 2 heteroatoms. The SMILES string of the molecule is [O]CC1CCN(CC2CCCCC2)CC1. The molecule has 0 amide bonds. The van der Waals surface area contributed by atoms with Crippen LogP contribution in [-0.2, 0) is 5.11 Å². The molecule has 0 N–H and O–H groups in total. The molecular formula is C13H24NO. The predicted molar refractivity (Wildman–Crippen MR) is 61.3 cm³/mol. The maximum Gasteiger partial charge on any atom is 0.0851 e. The van der Waals surface area contributed by atoms with Crippen LogP contribution >= 0.6 is 0 Å². The third-order valence-corrected chi connectivity index (χ3v) is 4.18. The van der Waals surface area contributed by atoms with Gasteiger partial charge in [-0.15, -0.1) is 0 Å². The van der Waals surface area contributed by atoms with Crippen molar-refractivity contribution in [3.63, 3.8) is 0 Å². The van der Waals surface area contributed by atoms with Gasteiger partial charge in [0.1, 0.15) is 0 Å². The van der Waals surface area contributed by atoms with Crippen LogP contribution in [0.4, 0.5) is 0 Å². The molecule has 2 aliphatic rings. The summed E-state index contributed by atoms with van der Waals surface area (Å²) in [5.74, 6) is 1.44. The molecule has 0 spiro atoms. The molecule has 1 aliphatic carbocycles. The van der Waals surface area contributed by atoms with Crippen molar-refractivity contribution in [1.29, 1.82) is 0 Å². The quantitative estimate of drug-likeness (QED) is 0.702. The first-order valence-corrected chi connectivity index (χ1v) is 6.69. The first-order valence-electron chi connectivity index (χ1n) is 6.69. The molecule has 1 saturated carbocycles. The average Bonchev–Trinajstić information content (AvgIpc) is 2.31. The van der Waals surface area contributed by atoms with E-state index >= 15 is 0 Å². The summed E-state index contributed by atoms with van der Waals surface area (Å²) in [5.41, 5.74) is 0. The molecule has 87 valence electrons. The van der Waals surface area contributed by atoms with Crippen LogP contribution in [0.2, 0.25) is 0 Å². The molecule has 1 saturated heterocycles. The fourth-order valence-corrected chi connectivity index (χ4v) is 3.07. The summed E-state index contributed by atoms with van der Waals surface area (Å²) in [6, 6.07) is 0. The summed E-state index contributed by atoms with van der Waals surface area (Å²) >= 11 is 0. The molecule has 1 radical (unpaired) electrons. The van der Waals surface area contributed by atoms with Gasteiger partial charge in [0, 0.05) is 6.54 Å². The van der Waals surface area contributed by atoms with Crippen LogP contribution in [0.1, 0.15) is 44.9 Å². The lowest BCUT2D eigenvalue weighted by molar-refractivity contribution is 0.0817. The van der Waals surface area contributed by atoms with Gasteiger partial charge in [0.15, 0.2) is 0 Å². The van der Waals surface area contributed by atoms with E-state index in [4.69, 9.17) is 0 Å². The zero-order valence-electron chi connectivity index (χ0n) is 9.79. The molecule has 0 aromatic heterocycles. The molecule has 0 unspecified atom stereocenters. The number of piperidine rings is 1. The van der Waals surface area contributed by atoms with E-state index in [0.29, 0.717) is 5.92 Å². The van der Waals surface area contributed by atoms with Crippen molar-refractivity contribution in [3.05, 3.63) is 0 Å². The Hall–Kier alpha value is -0.0800. The van der Waals surface area contributed by atoms with Crippen molar-refractivity contribution in [2.45, 2.75) is 44.9 Å². The highest BCUT2D eigenvalue weighted by molar-refractivity contribution is 4.75. The molecule has 1 heterocycles. The number of hydrogen-bond acceptors (Lipinski definition) is 1. The first kappa shape index (κ1) is 11.4. The second kappa shape index (κ2) is 5.86. The van der Waals surface area contributed by atoms with Crippen LogP contribution in [-0.4, -0.2) is 31.1 Å². The van der Waals surface area contributed by atoms with Crippen molar-refractivity contribution in [2.75, 3.05) is 26.2 Å². The Labute approximate surface area is 93.7 Å². The van der Waals surface area contributed by atoms with Gasteiger partial charge in [-0.3, -0.25) is 0 Å². The van der Waals surface area contributed by atoms with Crippen LogP contribution < -0.4 is 0 Å². The van der Waals surface area contributed by atoms with Gasteiger partial charge in [-0.25, -0.2) is 5.11 Å². The van der Waals surface area contributed by atoms with Crippen LogP contribution in [0.15, 0.2) is 0 Å². The van der Waals surface area contributed by atoms with Crippen molar-refractivity contribution >= 4 is 0 Å². The monoisotopic (exact) mass is 210 g/mol. The van der Waals surface area contributed by atoms with Crippen LogP contribution in [0.3, 0.4) is 0 Å². The van der Waals surface area contributed by atoms with Crippen LogP contribution in [0, 0.1) is 11.8 Å². The van der Waals surface area contributed by atoms with E-state index in [9.17, 15) is 5.11 Å². The third kappa shape index (κ3) is 3.46. The van der Waals surface area contributed by atoms with E-state index in [1.807, 2.05) is 0 Å². The summed E-state index contributed by atoms with van der Waals surface area (Å²) < 4.78 is 0. The highest BCUT2D eigenvalue weighted by atomic mass is 16.3. The lowest BCUT2D eigenvalue weighted by Gasteiger charge is -2.34. The molecule has 0 atom stereocenters. The molecular weight excluding hydrogens is 186 g/mol. The molecule has 0 aromatic carbocycles. The van der Waals surface area contributed by atoms with E-state index < -0.39 is 0 Å². The van der Waals surface area contributed by atoms with E-state index in [0.717, 1.165) is 18.8 Å². The number of rotatable bonds is 3. The van der Waals surface area contributed by atoms with Gasteiger partial charge in [0.2, 0.25) is 0 Å². The van der Waals surface area contributed by atoms with Crippen molar-refractivity contribution in [3.8, 4) is 0 Å². The Morgan fingerprint density at radius 2 is 1.53 bits per heavy atom. The maximum atomic E-state index is 10.8. The van der Waals surface area contributed by atoms with Gasteiger partial charge < -0.3 is 4.90 Å². The minimum absolute atomic E-state index is 0.150. The summed E-state index contributed by atoms with van der Waals surface area (Å²) in [6.07, 6.45) is 9.54. The normalized spacial score (nSPS) is 27.0. The zero-order valence-corrected chi connectivity index (χ0v) is 9.79. The highest BCUT2D eigenvalue weighted by Gasteiger charge is 2.22. The Kier molecular flexibility index (Phi) is 4.45. The Morgan fingerprint density at radius 1 is 0.867 bits per heavy atom. The van der Waals surface area contributed by atoms with Crippen LogP contribution in [0.5, 0.6) is 0 Å². The van der Waals surface area contributed by atoms with Gasteiger partial charge >= 0.3 is 0 Å². The molecule has 1 aliphatic heterocycles. The van der Waals surface area contributed by atoms with Gasteiger partial charge in [-0.2, -0.15) is 0 Å². The third-order valence-electron chi connectivity index (χ3n) is 4.18. The summed E-state index contributed by atoms with van der Waals surface area (Å²) in [6.45, 7) is 3.83. The topological polar surface area (TPSA) is 23.1 Å². The highest BCUT2D eigenvalue weighted by Crippen LogP contribution is 2.26. The minimum Gasteiger partial charge on any atom is -0.303 e. The Morgan fingerprint density at radius 3 is 2.13 bits per heavy atom. The Balaban J connectivity index is 1.67. The van der Waals surface area contributed by atoms with Gasteiger partial charge in [-0.1, -0.05) is 19.3 Å². The predicted octanol–water partition coefficient (Wildman–Crippen LogP) is 2.71. The van der Waals surface area contributed by atoms with E-state index in [-0.39, 0.29) is 6.61 Å². The van der Waals surface area contributed by atoms with Crippen molar-refractivity contribution in [1.82, 2.24) is 4.90 Å². The zero-order chi connectivity index (χ0) is 10.5. The molecule has 2 nitrogen and oxygen atoms in total. The largest absolute Gasteiger partial charge is 0.303 e. The number of likely N-dealkylation sites (tertiary alicyclic amines) is 1. The average molecular weight is 210 g/mol. The lowest BCUT2D eigenvalue weighted by atomic mass is 9.88. The lowest BCUT2D eigenvalue weighted by Crippen LogP contribution is -2.38. The second-order valence-corrected chi connectivity index (χ2v) is 5.41.